The number of amides is 1. The van der Waals surface area contributed by atoms with Crippen molar-refractivity contribution in [2.45, 2.75) is 44.4 Å². The van der Waals surface area contributed by atoms with Gasteiger partial charge in [-0.15, -0.1) is 0 Å². The lowest BCUT2D eigenvalue weighted by Gasteiger charge is -2.32. The van der Waals surface area contributed by atoms with Crippen LogP contribution < -0.4 is 5.73 Å². The number of carbonyl (C=O) groups is 1. The average Bonchev–Trinajstić information content (AvgIpc) is 3.44. The molecule has 204 valence electrons. The Hall–Kier alpha value is -3.66. The van der Waals surface area contributed by atoms with Gasteiger partial charge < -0.3 is 15.4 Å². The van der Waals surface area contributed by atoms with E-state index in [1.807, 2.05) is 36.4 Å². The van der Waals surface area contributed by atoms with E-state index < -0.39 is 11.5 Å². The lowest BCUT2D eigenvalue weighted by atomic mass is 9.92. The summed E-state index contributed by atoms with van der Waals surface area (Å²) in [6, 6.07) is 16.8. The minimum atomic E-state index is -0.634. The Balaban J connectivity index is 1.30. The van der Waals surface area contributed by atoms with Gasteiger partial charge in [-0.25, -0.2) is 0 Å². The highest BCUT2D eigenvalue weighted by Gasteiger charge is 2.40. The number of ether oxygens (including phenoxy) is 1. The van der Waals surface area contributed by atoms with Crippen LogP contribution in [0.25, 0.3) is 11.1 Å². The molecule has 1 amide bonds. The third-order valence-electron chi connectivity index (χ3n) is 7.99. The van der Waals surface area contributed by atoms with E-state index in [-0.39, 0.29) is 10.6 Å². The number of carbonyl (C=O) groups excluding carboxylic acids is 1. The monoisotopic (exact) mass is 529 g/mol. The third kappa shape index (κ3) is 6.00. The van der Waals surface area contributed by atoms with Crippen molar-refractivity contribution in [3.63, 3.8) is 0 Å². The fourth-order valence-corrected chi connectivity index (χ4v) is 5.67. The van der Waals surface area contributed by atoms with Crippen molar-refractivity contribution in [2.75, 3.05) is 33.2 Å². The standard InChI is InChI=1S/C30H35N5O4/c1-33-15-17-34(18-16-33)20-25-11-10-24(19-27(25)35(37)38)23-8-6-22(7-9-23)21-39-30(12-2-3-13-30)28-26(29(31)36)5-4-14-32-28/h4-11,14,19H,2-3,12-13,15-18,20-21H2,1H3,(H2,31,36). The smallest absolute Gasteiger partial charge is 0.274 e. The third-order valence-corrected chi connectivity index (χ3v) is 7.99. The molecule has 3 aromatic rings. The molecule has 1 saturated carbocycles. The summed E-state index contributed by atoms with van der Waals surface area (Å²) in [6.07, 6.45) is 5.24. The Kier molecular flexibility index (Phi) is 8.02. The molecule has 0 unspecified atom stereocenters. The first-order valence-corrected chi connectivity index (χ1v) is 13.5. The van der Waals surface area contributed by atoms with Gasteiger partial charge >= 0.3 is 0 Å². The maximum Gasteiger partial charge on any atom is 0.274 e. The second-order valence-corrected chi connectivity index (χ2v) is 10.6. The van der Waals surface area contributed by atoms with Crippen LogP contribution in [0, 0.1) is 10.1 Å². The van der Waals surface area contributed by atoms with Gasteiger partial charge in [-0.1, -0.05) is 49.2 Å². The molecule has 2 aromatic carbocycles. The van der Waals surface area contributed by atoms with Crippen LogP contribution in [-0.2, 0) is 23.5 Å². The van der Waals surface area contributed by atoms with Gasteiger partial charge in [0.25, 0.3) is 11.6 Å². The quantitative estimate of drug-likeness (QED) is 0.321. The van der Waals surface area contributed by atoms with Gasteiger partial charge in [-0.3, -0.25) is 24.8 Å². The van der Waals surface area contributed by atoms with Crippen molar-refractivity contribution >= 4 is 11.6 Å². The highest BCUT2D eigenvalue weighted by atomic mass is 16.6. The van der Waals surface area contributed by atoms with E-state index in [1.54, 1.807) is 24.4 Å². The molecule has 1 aliphatic heterocycles. The largest absolute Gasteiger partial charge is 0.366 e. The van der Waals surface area contributed by atoms with Crippen molar-refractivity contribution < 1.29 is 14.5 Å². The summed E-state index contributed by atoms with van der Waals surface area (Å²) in [6.45, 7) is 4.69. The Morgan fingerprint density at radius 3 is 2.41 bits per heavy atom. The number of nitro groups is 1. The summed E-state index contributed by atoms with van der Waals surface area (Å²) in [5, 5.41) is 11.9. The molecule has 0 radical (unpaired) electrons. The average molecular weight is 530 g/mol. The molecule has 1 aliphatic carbocycles. The molecular formula is C30H35N5O4. The lowest BCUT2D eigenvalue weighted by molar-refractivity contribution is -0.385. The highest BCUT2D eigenvalue weighted by Crippen LogP contribution is 2.43. The minimum absolute atomic E-state index is 0.155. The van der Waals surface area contributed by atoms with Crippen LogP contribution in [0.2, 0.25) is 0 Å². The van der Waals surface area contributed by atoms with E-state index >= 15 is 0 Å². The number of hydrogen-bond acceptors (Lipinski definition) is 7. The molecule has 0 bridgehead atoms. The van der Waals surface area contributed by atoms with Gasteiger partial charge in [0, 0.05) is 50.6 Å². The molecule has 5 rings (SSSR count). The Bertz CT molecular complexity index is 1330. The summed E-state index contributed by atoms with van der Waals surface area (Å²) >= 11 is 0. The Labute approximate surface area is 228 Å². The molecule has 2 aliphatic rings. The first kappa shape index (κ1) is 26.9. The number of benzene rings is 2. The van der Waals surface area contributed by atoms with Gasteiger partial charge in [0.05, 0.1) is 22.8 Å². The van der Waals surface area contributed by atoms with Gasteiger partial charge in [0.2, 0.25) is 0 Å². The van der Waals surface area contributed by atoms with Crippen molar-refractivity contribution in [2.24, 2.45) is 5.73 Å². The van der Waals surface area contributed by atoms with Gasteiger partial charge in [-0.2, -0.15) is 0 Å². The fraction of sp³-hybridized carbons (Fsp3) is 0.400. The van der Waals surface area contributed by atoms with Crippen molar-refractivity contribution in [3.8, 4) is 11.1 Å². The molecule has 2 fully saturated rings. The number of rotatable bonds is 9. The molecule has 39 heavy (non-hydrogen) atoms. The Morgan fingerprint density at radius 1 is 1.05 bits per heavy atom. The molecule has 2 N–H and O–H groups in total. The fourth-order valence-electron chi connectivity index (χ4n) is 5.67. The molecule has 9 heteroatoms. The second-order valence-electron chi connectivity index (χ2n) is 10.6. The predicted octanol–water partition coefficient (Wildman–Crippen LogP) is 4.49. The number of primary amides is 1. The number of nitrogens with two attached hydrogens (primary N) is 1. The van der Waals surface area contributed by atoms with E-state index in [2.05, 4.69) is 21.8 Å². The number of pyridine rings is 1. The van der Waals surface area contributed by atoms with Crippen LogP contribution in [0.3, 0.4) is 0 Å². The number of aromatic nitrogens is 1. The zero-order valence-corrected chi connectivity index (χ0v) is 22.3. The lowest BCUT2D eigenvalue weighted by Crippen LogP contribution is -2.43. The molecule has 0 spiro atoms. The Morgan fingerprint density at radius 2 is 1.74 bits per heavy atom. The summed E-state index contributed by atoms with van der Waals surface area (Å²) in [7, 11) is 2.10. The second kappa shape index (κ2) is 11.6. The zero-order valence-electron chi connectivity index (χ0n) is 22.3. The first-order valence-electron chi connectivity index (χ1n) is 13.5. The SMILES string of the molecule is CN1CCN(Cc2ccc(-c3ccc(COC4(c5ncccc5C(N)=O)CCCC4)cc3)cc2[N+](=O)[O-])CC1. The van der Waals surface area contributed by atoms with Crippen LogP contribution in [0.1, 0.15) is 52.9 Å². The molecule has 9 nitrogen and oxygen atoms in total. The summed E-state index contributed by atoms with van der Waals surface area (Å²) < 4.78 is 6.48. The first-order chi connectivity index (χ1) is 18.8. The number of likely N-dealkylation sites (N-methyl/N-ethyl adjacent to an activating group) is 1. The minimum Gasteiger partial charge on any atom is -0.366 e. The topological polar surface area (TPSA) is 115 Å². The van der Waals surface area contributed by atoms with Crippen LogP contribution in [0.5, 0.6) is 0 Å². The van der Waals surface area contributed by atoms with Gasteiger partial charge in [0.1, 0.15) is 5.60 Å². The molecule has 1 saturated heterocycles. The van der Waals surface area contributed by atoms with E-state index in [9.17, 15) is 14.9 Å². The number of nitro benzene ring substituents is 1. The summed E-state index contributed by atoms with van der Waals surface area (Å²) in [5.74, 6) is -0.499. The highest BCUT2D eigenvalue weighted by molar-refractivity contribution is 5.94. The van der Waals surface area contributed by atoms with E-state index in [0.29, 0.717) is 24.4 Å². The number of hydrogen-bond donors (Lipinski definition) is 1. The van der Waals surface area contributed by atoms with Gasteiger partial charge in [-0.05, 0) is 48.7 Å². The molecule has 1 aromatic heterocycles. The molecule has 0 atom stereocenters. The van der Waals surface area contributed by atoms with Crippen LogP contribution in [0.4, 0.5) is 5.69 Å². The van der Waals surface area contributed by atoms with Gasteiger partial charge in [0.15, 0.2) is 0 Å². The molecular weight excluding hydrogens is 494 g/mol. The van der Waals surface area contributed by atoms with Crippen LogP contribution in [-0.4, -0.2) is 58.8 Å². The zero-order chi connectivity index (χ0) is 27.4. The maximum atomic E-state index is 12.0. The van der Waals surface area contributed by atoms with E-state index in [0.717, 1.165) is 74.1 Å². The van der Waals surface area contributed by atoms with Crippen LogP contribution in [0.15, 0.2) is 60.8 Å². The number of piperazine rings is 1. The predicted molar refractivity (Wildman–Crippen MR) is 149 cm³/mol. The van der Waals surface area contributed by atoms with Crippen LogP contribution >= 0.6 is 0 Å². The number of nitrogens with zero attached hydrogens (tertiary/aromatic N) is 4. The van der Waals surface area contributed by atoms with Crippen molar-refractivity contribution in [3.05, 3.63) is 93.3 Å². The summed E-state index contributed by atoms with van der Waals surface area (Å²) in [4.78, 5) is 32.7. The van der Waals surface area contributed by atoms with E-state index in [1.165, 1.54) is 0 Å². The molecule has 2 heterocycles. The maximum absolute atomic E-state index is 12.0. The van der Waals surface area contributed by atoms with Crippen molar-refractivity contribution in [1.29, 1.82) is 0 Å². The van der Waals surface area contributed by atoms with E-state index in [4.69, 9.17) is 10.5 Å². The van der Waals surface area contributed by atoms with Crippen molar-refractivity contribution in [1.82, 2.24) is 14.8 Å². The normalized spacial score (nSPS) is 17.8. The summed E-state index contributed by atoms with van der Waals surface area (Å²) in [5.41, 5.74) is 9.61.